The number of ether oxygens (including phenoxy) is 1. The quantitative estimate of drug-likeness (QED) is 0.743. The third-order valence-electron chi connectivity index (χ3n) is 4.13. The van der Waals surface area contributed by atoms with Crippen LogP contribution in [0.25, 0.3) is 0 Å². The van der Waals surface area contributed by atoms with Crippen LogP contribution >= 0.6 is 11.3 Å². The molecule has 1 aromatic heterocycles. The number of piperidine rings is 1. The van der Waals surface area contributed by atoms with Crippen LogP contribution in [0.3, 0.4) is 0 Å². The second-order valence-corrected chi connectivity index (χ2v) is 7.24. The summed E-state index contributed by atoms with van der Waals surface area (Å²) in [6, 6.07) is 2.40. The molecule has 1 aliphatic heterocycles. The lowest BCUT2D eigenvalue weighted by molar-refractivity contribution is 0.0125. The van der Waals surface area contributed by atoms with E-state index in [2.05, 4.69) is 37.1 Å². The SMILES string of the molecule is CCCNCc1cc(CN2CCC(OCC)CC2)c(C)s1. The molecule has 1 fully saturated rings. The lowest BCUT2D eigenvalue weighted by atomic mass is 10.1. The van der Waals surface area contributed by atoms with Gasteiger partial charge in [0.2, 0.25) is 0 Å². The first-order valence-corrected chi connectivity index (χ1v) is 9.17. The molecule has 1 N–H and O–H groups in total. The molecular weight excluding hydrogens is 280 g/mol. The maximum atomic E-state index is 5.73. The van der Waals surface area contributed by atoms with Crippen LogP contribution in [-0.4, -0.2) is 37.2 Å². The molecule has 21 heavy (non-hydrogen) atoms. The highest BCUT2D eigenvalue weighted by Gasteiger charge is 2.20. The van der Waals surface area contributed by atoms with Gasteiger partial charge in [0.05, 0.1) is 6.10 Å². The molecule has 0 saturated carbocycles. The Morgan fingerprint density at radius 1 is 1.33 bits per heavy atom. The van der Waals surface area contributed by atoms with Crippen molar-refractivity contribution in [2.24, 2.45) is 0 Å². The van der Waals surface area contributed by atoms with Gasteiger partial charge in [-0.25, -0.2) is 0 Å². The minimum Gasteiger partial charge on any atom is -0.378 e. The Bertz CT molecular complexity index is 411. The molecule has 1 saturated heterocycles. The lowest BCUT2D eigenvalue weighted by Crippen LogP contribution is -2.36. The first-order chi connectivity index (χ1) is 10.2. The number of hydrogen-bond donors (Lipinski definition) is 1. The largest absolute Gasteiger partial charge is 0.378 e. The third-order valence-corrected chi connectivity index (χ3v) is 5.22. The summed E-state index contributed by atoms with van der Waals surface area (Å²) in [5.41, 5.74) is 1.52. The van der Waals surface area contributed by atoms with Gasteiger partial charge in [-0.2, -0.15) is 0 Å². The fourth-order valence-electron chi connectivity index (χ4n) is 2.93. The van der Waals surface area contributed by atoms with Crippen molar-refractivity contribution in [3.05, 3.63) is 21.4 Å². The summed E-state index contributed by atoms with van der Waals surface area (Å²) in [7, 11) is 0. The van der Waals surface area contributed by atoms with E-state index >= 15 is 0 Å². The van der Waals surface area contributed by atoms with Crippen LogP contribution in [0.15, 0.2) is 6.07 Å². The fourth-order valence-corrected chi connectivity index (χ4v) is 3.95. The zero-order valence-electron chi connectivity index (χ0n) is 13.8. The van der Waals surface area contributed by atoms with Gasteiger partial charge in [0.1, 0.15) is 0 Å². The molecule has 2 heterocycles. The minimum atomic E-state index is 0.489. The van der Waals surface area contributed by atoms with E-state index in [-0.39, 0.29) is 0 Å². The normalized spacial score (nSPS) is 17.5. The number of likely N-dealkylation sites (tertiary alicyclic amines) is 1. The maximum absolute atomic E-state index is 5.73. The molecule has 0 bridgehead atoms. The topological polar surface area (TPSA) is 24.5 Å². The summed E-state index contributed by atoms with van der Waals surface area (Å²) in [6.07, 6.45) is 4.05. The van der Waals surface area contributed by atoms with E-state index in [4.69, 9.17) is 4.74 Å². The van der Waals surface area contributed by atoms with E-state index in [1.807, 2.05) is 11.3 Å². The zero-order valence-corrected chi connectivity index (χ0v) is 14.6. The molecule has 0 unspecified atom stereocenters. The first-order valence-electron chi connectivity index (χ1n) is 8.35. The van der Waals surface area contributed by atoms with Gasteiger partial charge in [-0.15, -0.1) is 11.3 Å². The Labute approximate surface area is 133 Å². The Balaban J connectivity index is 1.80. The number of thiophene rings is 1. The van der Waals surface area contributed by atoms with Crippen LogP contribution in [0.1, 0.15) is 48.4 Å². The summed E-state index contributed by atoms with van der Waals surface area (Å²) in [5.74, 6) is 0. The number of nitrogens with one attached hydrogen (secondary N) is 1. The minimum absolute atomic E-state index is 0.489. The predicted molar refractivity (Wildman–Crippen MR) is 91.0 cm³/mol. The smallest absolute Gasteiger partial charge is 0.0599 e. The van der Waals surface area contributed by atoms with E-state index in [0.29, 0.717) is 6.10 Å². The highest BCUT2D eigenvalue weighted by atomic mass is 32.1. The molecule has 3 nitrogen and oxygen atoms in total. The summed E-state index contributed by atoms with van der Waals surface area (Å²) in [4.78, 5) is 5.53. The number of rotatable bonds is 8. The van der Waals surface area contributed by atoms with Crippen molar-refractivity contribution in [3.63, 3.8) is 0 Å². The van der Waals surface area contributed by atoms with Gasteiger partial charge in [-0.05, 0) is 51.3 Å². The van der Waals surface area contributed by atoms with Crippen LogP contribution in [0, 0.1) is 6.92 Å². The Morgan fingerprint density at radius 2 is 2.10 bits per heavy atom. The Kier molecular flexibility index (Phi) is 7.17. The van der Waals surface area contributed by atoms with Crippen molar-refractivity contribution in [3.8, 4) is 0 Å². The molecule has 1 aromatic rings. The Morgan fingerprint density at radius 3 is 2.76 bits per heavy atom. The zero-order chi connectivity index (χ0) is 15.1. The molecule has 1 aliphatic rings. The monoisotopic (exact) mass is 310 g/mol. The molecule has 120 valence electrons. The first kappa shape index (κ1) is 16.9. The summed E-state index contributed by atoms with van der Waals surface area (Å²) < 4.78 is 5.73. The molecule has 0 atom stereocenters. The van der Waals surface area contributed by atoms with Crippen LogP contribution in [0.5, 0.6) is 0 Å². The molecule has 4 heteroatoms. The van der Waals surface area contributed by atoms with E-state index in [9.17, 15) is 0 Å². The number of hydrogen-bond acceptors (Lipinski definition) is 4. The van der Waals surface area contributed by atoms with E-state index in [0.717, 1.165) is 26.2 Å². The van der Waals surface area contributed by atoms with Crippen molar-refractivity contribution in [2.75, 3.05) is 26.2 Å². The molecule has 0 aromatic carbocycles. The lowest BCUT2D eigenvalue weighted by Gasteiger charge is -2.31. The van der Waals surface area contributed by atoms with Crippen molar-refractivity contribution < 1.29 is 4.74 Å². The van der Waals surface area contributed by atoms with Crippen molar-refractivity contribution >= 4 is 11.3 Å². The van der Waals surface area contributed by atoms with Crippen molar-refractivity contribution in [2.45, 2.75) is 59.2 Å². The molecule has 0 amide bonds. The fraction of sp³-hybridized carbons (Fsp3) is 0.765. The second-order valence-electron chi connectivity index (χ2n) is 5.90. The van der Waals surface area contributed by atoms with Crippen LogP contribution in [-0.2, 0) is 17.8 Å². The van der Waals surface area contributed by atoms with Crippen molar-refractivity contribution in [1.82, 2.24) is 10.2 Å². The summed E-state index contributed by atoms with van der Waals surface area (Å²) in [6.45, 7) is 13.0. The summed E-state index contributed by atoms with van der Waals surface area (Å²) >= 11 is 1.95. The molecule has 2 rings (SSSR count). The van der Waals surface area contributed by atoms with Gasteiger partial charge in [0.25, 0.3) is 0 Å². The summed E-state index contributed by atoms with van der Waals surface area (Å²) in [5, 5.41) is 3.50. The van der Waals surface area contributed by atoms with Gasteiger partial charge in [0.15, 0.2) is 0 Å². The van der Waals surface area contributed by atoms with Crippen LogP contribution < -0.4 is 5.32 Å². The van der Waals surface area contributed by atoms with Gasteiger partial charge in [-0.3, -0.25) is 4.90 Å². The Hall–Kier alpha value is -0.420. The molecular formula is C17H30N2OS. The van der Waals surface area contributed by atoms with Crippen LogP contribution in [0.4, 0.5) is 0 Å². The predicted octanol–water partition coefficient (Wildman–Crippen LogP) is 3.56. The maximum Gasteiger partial charge on any atom is 0.0599 e. The van der Waals surface area contributed by atoms with Crippen LogP contribution in [0.2, 0.25) is 0 Å². The molecule has 0 aliphatic carbocycles. The van der Waals surface area contributed by atoms with E-state index in [1.54, 1.807) is 0 Å². The highest BCUT2D eigenvalue weighted by molar-refractivity contribution is 7.12. The molecule has 0 radical (unpaired) electrons. The van der Waals surface area contributed by atoms with Gasteiger partial charge < -0.3 is 10.1 Å². The second kappa shape index (κ2) is 8.89. The third kappa shape index (κ3) is 5.37. The number of nitrogens with zero attached hydrogens (tertiary/aromatic N) is 1. The molecule has 0 spiro atoms. The highest BCUT2D eigenvalue weighted by Crippen LogP contribution is 2.24. The standard InChI is InChI=1S/C17H30N2OS/c1-4-8-18-12-17-11-15(14(3)21-17)13-19-9-6-16(7-10-19)20-5-2/h11,16,18H,4-10,12-13H2,1-3H3. The number of aryl methyl sites for hydroxylation is 1. The van der Waals surface area contributed by atoms with E-state index in [1.165, 1.54) is 47.7 Å². The van der Waals surface area contributed by atoms with E-state index < -0.39 is 0 Å². The average molecular weight is 311 g/mol. The average Bonchev–Trinajstić information content (AvgIpc) is 2.82. The van der Waals surface area contributed by atoms with Gasteiger partial charge in [0, 0.05) is 42.5 Å². The van der Waals surface area contributed by atoms with Gasteiger partial charge >= 0.3 is 0 Å². The van der Waals surface area contributed by atoms with Crippen molar-refractivity contribution in [1.29, 1.82) is 0 Å². The van der Waals surface area contributed by atoms with Gasteiger partial charge in [-0.1, -0.05) is 6.92 Å².